The number of hydrogen-bond acceptors (Lipinski definition) is 5. The van der Waals surface area contributed by atoms with Crippen LogP contribution in [0.3, 0.4) is 0 Å². The Morgan fingerprint density at radius 3 is 2.06 bits per heavy atom. The zero-order chi connectivity index (χ0) is 21.0. The molecule has 0 saturated heterocycles. The van der Waals surface area contributed by atoms with E-state index >= 15 is 0 Å². The van der Waals surface area contributed by atoms with Crippen molar-refractivity contribution in [3.05, 3.63) is 114 Å². The van der Waals surface area contributed by atoms with Gasteiger partial charge in [0, 0.05) is 11.1 Å². The quantitative estimate of drug-likeness (QED) is 0.455. The summed E-state index contributed by atoms with van der Waals surface area (Å²) in [4.78, 5) is 19.4. The summed E-state index contributed by atoms with van der Waals surface area (Å²) in [6, 6.07) is 28.8. The summed E-state index contributed by atoms with van der Waals surface area (Å²) >= 11 is 0. The minimum absolute atomic E-state index is 0.137. The minimum atomic E-state index is -0.206. The van der Waals surface area contributed by atoms with Crippen molar-refractivity contribution in [3.63, 3.8) is 0 Å². The average Bonchev–Trinajstić information content (AvgIpc) is 3.42. The summed E-state index contributed by atoms with van der Waals surface area (Å²) in [7, 11) is 0. The van der Waals surface area contributed by atoms with E-state index < -0.39 is 0 Å². The lowest BCUT2D eigenvalue weighted by molar-refractivity contribution is -0.123. The highest BCUT2D eigenvalue weighted by atomic mass is 16.4. The van der Waals surface area contributed by atoms with Gasteiger partial charge in [-0.25, -0.2) is 4.99 Å². The Morgan fingerprint density at radius 1 is 0.774 bits per heavy atom. The van der Waals surface area contributed by atoms with Crippen LogP contribution in [0.2, 0.25) is 0 Å². The number of carbonyl (C=O) groups excluding carboxylic acids is 1. The molecule has 0 unspecified atom stereocenters. The van der Waals surface area contributed by atoms with Crippen LogP contribution in [0.25, 0.3) is 17.5 Å². The zero-order valence-corrected chi connectivity index (χ0v) is 16.6. The predicted octanol–water partition coefficient (Wildman–Crippen LogP) is 4.57. The molecule has 1 aliphatic heterocycles. The standard InChI is InChI=1S/C25H18N4O2/c30-25-21(16-18-10-4-1-5-11-18)26-23(19-12-6-2-7-13-19)29(25)17-22-27-28-24(31-22)20-14-8-3-9-15-20/h1-16H,17H2/b21-16+. The number of amidine groups is 1. The molecule has 0 atom stereocenters. The Kier molecular flexibility index (Phi) is 4.94. The van der Waals surface area contributed by atoms with Crippen LogP contribution >= 0.6 is 0 Å². The molecule has 0 saturated carbocycles. The van der Waals surface area contributed by atoms with E-state index in [9.17, 15) is 4.79 Å². The number of amides is 1. The van der Waals surface area contributed by atoms with Crippen molar-refractivity contribution in [3.8, 4) is 11.5 Å². The van der Waals surface area contributed by atoms with Crippen molar-refractivity contribution < 1.29 is 9.21 Å². The number of rotatable bonds is 5. The molecule has 6 nitrogen and oxygen atoms in total. The maximum atomic E-state index is 13.2. The van der Waals surface area contributed by atoms with Gasteiger partial charge in [0.25, 0.3) is 5.91 Å². The van der Waals surface area contributed by atoms with Crippen molar-refractivity contribution in [2.75, 3.05) is 0 Å². The first-order valence-corrected chi connectivity index (χ1v) is 9.88. The van der Waals surface area contributed by atoms with Gasteiger partial charge in [0.2, 0.25) is 11.8 Å². The van der Waals surface area contributed by atoms with E-state index in [0.29, 0.717) is 23.3 Å². The highest BCUT2D eigenvalue weighted by Gasteiger charge is 2.32. The Balaban J connectivity index is 1.48. The van der Waals surface area contributed by atoms with E-state index in [0.717, 1.165) is 16.7 Å². The van der Waals surface area contributed by atoms with Crippen molar-refractivity contribution in [1.29, 1.82) is 0 Å². The lowest BCUT2D eigenvalue weighted by atomic mass is 10.2. The largest absolute Gasteiger partial charge is 0.419 e. The second-order valence-electron chi connectivity index (χ2n) is 7.00. The molecule has 0 spiro atoms. The van der Waals surface area contributed by atoms with Crippen LogP contribution in [0.15, 0.2) is 106 Å². The molecule has 0 fully saturated rings. The molecule has 1 amide bonds. The Morgan fingerprint density at radius 2 is 1.39 bits per heavy atom. The molecule has 1 aliphatic rings. The summed E-state index contributed by atoms with van der Waals surface area (Å²) < 4.78 is 5.83. The fourth-order valence-corrected chi connectivity index (χ4v) is 3.36. The number of benzene rings is 3. The fourth-order valence-electron chi connectivity index (χ4n) is 3.36. The fraction of sp³-hybridized carbons (Fsp3) is 0.0400. The Bertz CT molecular complexity index is 1260. The summed E-state index contributed by atoms with van der Waals surface area (Å²) in [6.07, 6.45) is 1.79. The molecule has 3 aromatic carbocycles. The van der Waals surface area contributed by atoms with Crippen molar-refractivity contribution in [1.82, 2.24) is 15.1 Å². The normalized spacial score (nSPS) is 14.8. The number of carbonyl (C=O) groups is 1. The summed E-state index contributed by atoms with van der Waals surface area (Å²) in [5.74, 6) is 1.12. The third-order valence-corrected chi connectivity index (χ3v) is 4.86. The SMILES string of the molecule is O=C1/C(=C\c2ccccc2)N=C(c2ccccc2)N1Cc1nnc(-c2ccccc2)o1. The molecule has 0 radical (unpaired) electrons. The van der Waals surface area contributed by atoms with E-state index in [2.05, 4.69) is 15.2 Å². The number of aliphatic imine (C=N–C) groups is 1. The molecule has 1 aromatic heterocycles. The molecule has 31 heavy (non-hydrogen) atoms. The van der Waals surface area contributed by atoms with E-state index in [4.69, 9.17) is 4.42 Å². The molecule has 6 heteroatoms. The predicted molar refractivity (Wildman–Crippen MR) is 118 cm³/mol. The van der Waals surface area contributed by atoms with E-state index in [1.54, 1.807) is 11.0 Å². The zero-order valence-electron chi connectivity index (χ0n) is 16.6. The second kappa shape index (κ2) is 8.20. The van der Waals surface area contributed by atoms with Gasteiger partial charge in [0.05, 0.1) is 0 Å². The second-order valence-corrected chi connectivity index (χ2v) is 7.00. The molecule has 0 N–H and O–H groups in total. The van der Waals surface area contributed by atoms with Crippen LogP contribution in [0.5, 0.6) is 0 Å². The van der Waals surface area contributed by atoms with Crippen molar-refractivity contribution in [2.45, 2.75) is 6.54 Å². The van der Waals surface area contributed by atoms with E-state index in [1.165, 1.54) is 0 Å². The van der Waals surface area contributed by atoms with E-state index in [-0.39, 0.29) is 12.5 Å². The topological polar surface area (TPSA) is 71.6 Å². The highest BCUT2D eigenvalue weighted by molar-refractivity contribution is 6.19. The lowest BCUT2D eigenvalue weighted by Crippen LogP contribution is -2.32. The van der Waals surface area contributed by atoms with Crippen LogP contribution in [-0.2, 0) is 11.3 Å². The van der Waals surface area contributed by atoms with Crippen LogP contribution in [-0.4, -0.2) is 26.8 Å². The van der Waals surface area contributed by atoms with Gasteiger partial charge in [-0.15, -0.1) is 10.2 Å². The number of aromatic nitrogens is 2. The number of nitrogens with zero attached hydrogens (tertiary/aromatic N) is 4. The molecule has 0 aliphatic carbocycles. The number of hydrogen-bond donors (Lipinski definition) is 0. The smallest absolute Gasteiger partial charge is 0.278 e. The van der Waals surface area contributed by atoms with Gasteiger partial charge in [-0.3, -0.25) is 9.69 Å². The van der Waals surface area contributed by atoms with Gasteiger partial charge in [-0.05, 0) is 23.8 Å². The molecule has 4 aromatic rings. The first-order chi connectivity index (χ1) is 15.3. The Hall–Kier alpha value is -4.32. The third-order valence-electron chi connectivity index (χ3n) is 4.86. The van der Waals surface area contributed by atoms with Crippen molar-refractivity contribution in [2.24, 2.45) is 4.99 Å². The highest BCUT2D eigenvalue weighted by Crippen LogP contribution is 2.25. The molecule has 150 valence electrons. The average molecular weight is 406 g/mol. The maximum absolute atomic E-state index is 13.2. The van der Waals surface area contributed by atoms with Crippen molar-refractivity contribution >= 4 is 17.8 Å². The van der Waals surface area contributed by atoms with E-state index in [1.807, 2.05) is 91.0 Å². The summed E-state index contributed by atoms with van der Waals surface area (Å²) in [5.41, 5.74) is 2.95. The molecule has 0 bridgehead atoms. The van der Waals surface area contributed by atoms with Crippen LogP contribution in [0, 0.1) is 0 Å². The molecule has 2 heterocycles. The van der Waals surface area contributed by atoms with Crippen LogP contribution < -0.4 is 0 Å². The van der Waals surface area contributed by atoms with Gasteiger partial charge < -0.3 is 4.42 Å². The van der Waals surface area contributed by atoms with Crippen LogP contribution in [0.1, 0.15) is 17.0 Å². The first-order valence-electron chi connectivity index (χ1n) is 9.88. The van der Waals surface area contributed by atoms with Gasteiger partial charge in [-0.1, -0.05) is 78.9 Å². The van der Waals surface area contributed by atoms with Gasteiger partial charge in [0.1, 0.15) is 18.1 Å². The minimum Gasteiger partial charge on any atom is -0.419 e. The van der Waals surface area contributed by atoms with Gasteiger partial charge >= 0.3 is 0 Å². The lowest BCUT2D eigenvalue weighted by Gasteiger charge is -2.16. The summed E-state index contributed by atoms with van der Waals surface area (Å²) in [5, 5.41) is 8.27. The molecular weight excluding hydrogens is 388 g/mol. The molecular formula is C25H18N4O2. The summed E-state index contributed by atoms with van der Waals surface area (Å²) in [6.45, 7) is 0.137. The van der Waals surface area contributed by atoms with Crippen LogP contribution in [0.4, 0.5) is 0 Å². The monoisotopic (exact) mass is 406 g/mol. The Labute approximate surface area is 179 Å². The molecule has 5 rings (SSSR count). The third kappa shape index (κ3) is 3.91. The maximum Gasteiger partial charge on any atom is 0.278 e. The van der Waals surface area contributed by atoms with Gasteiger partial charge in [-0.2, -0.15) is 0 Å². The first kappa shape index (κ1) is 18.7. The van der Waals surface area contributed by atoms with Gasteiger partial charge in [0.15, 0.2) is 0 Å².